The quantitative estimate of drug-likeness (QED) is 0.660. The zero-order chi connectivity index (χ0) is 14.7. The molecule has 104 valence electrons. The van der Waals surface area contributed by atoms with Gasteiger partial charge in [-0.2, -0.15) is 0 Å². The molecule has 0 aliphatic heterocycles. The molecule has 0 atom stereocenters. The van der Waals surface area contributed by atoms with Crippen molar-refractivity contribution in [1.29, 1.82) is 0 Å². The Hall–Kier alpha value is -2.74. The van der Waals surface area contributed by atoms with Gasteiger partial charge in [-0.3, -0.25) is 0 Å². The van der Waals surface area contributed by atoms with Gasteiger partial charge in [0.25, 0.3) is 0 Å². The highest BCUT2D eigenvalue weighted by atomic mass is 14.9. The Morgan fingerprint density at radius 3 is 2.10 bits per heavy atom. The van der Waals surface area contributed by atoms with Crippen LogP contribution >= 0.6 is 0 Å². The summed E-state index contributed by atoms with van der Waals surface area (Å²) in [6, 6.07) is 24.7. The van der Waals surface area contributed by atoms with Crippen molar-refractivity contribution in [1.82, 2.24) is 0 Å². The predicted molar refractivity (Wildman–Crippen MR) is 90.8 cm³/mol. The summed E-state index contributed by atoms with van der Waals surface area (Å²) >= 11 is 0. The predicted octanol–water partition coefficient (Wildman–Crippen LogP) is 4.99. The van der Waals surface area contributed by atoms with Gasteiger partial charge in [-0.25, -0.2) is 0 Å². The average Bonchev–Trinajstić information content (AvgIpc) is 2.53. The van der Waals surface area contributed by atoms with E-state index in [1.54, 1.807) is 0 Å². The van der Waals surface area contributed by atoms with Crippen molar-refractivity contribution in [3.63, 3.8) is 0 Å². The third-order valence-corrected chi connectivity index (χ3v) is 3.65. The Labute approximate surface area is 125 Å². The summed E-state index contributed by atoms with van der Waals surface area (Å²) in [5.41, 5.74) is 12.4. The number of hydrogen-bond donors (Lipinski definition) is 2. The lowest BCUT2D eigenvalue weighted by molar-refractivity contribution is 1.43. The first-order valence-corrected chi connectivity index (χ1v) is 7.01. The molecule has 0 spiro atoms. The Bertz CT molecular complexity index is 731. The van der Waals surface area contributed by atoms with Gasteiger partial charge < -0.3 is 11.1 Å². The zero-order valence-electron chi connectivity index (χ0n) is 12.0. The highest BCUT2D eigenvalue weighted by Crippen LogP contribution is 2.26. The fraction of sp³-hybridized carbons (Fsp3) is 0.0526. The maximum atomic E-state index is 5.93. The Balaban J connectivity index is 1.83. The Morgan fingerprint density at radius 2 is 1.38 bits per heavy atom. The summed E-state index contributed by atoms with van der Waals surface area (Å²) in [6.07, 6.45) is 0. The molecule has 0 aromatic heterocycles. The molecule has 0 amide bonds. The summed E-state index contributed by atoms with van der Waals surface area (Å²) in [5, 5.41) is 3.41. The molecule has 3 aromatic carbocycles. The average molecular weight is 274 g/mol. The van der Waals surface area contributed by atoms with Gasteiger partial charge in [0, 0.05) is 17.1 Å². The summed E-state index contributed by atoms with van der Waals surface area (Å²) in [6.45, 7) is 2.02. The fourth-order valence-corrected chi connectivity index (χ4v) is 2.32. The minimum Gasteiger partial charge on any atom is -0.398 e. The molecule has 0 bridgehead atoms. The van der Waals surface area contributed by atoms with E-state index >= 15 is 0 Å². The second-order valence-corrected chi connectivity index (χ2v) is 5.09. The third-order valence-electron chi connectivity index (χ3n) is 3.65. The van der Waals surface area contributed by atoms with Crippen LogP contribution < -0.4 is 11.1 Å². The lowest BCUT2D eigenvalue weighted by atomic mass is 10.1. The highest BCUT2D eigenvalue weighted by molar-refractivity contribution is 5.71. The van der Waals surface area contributed by atoms with Crippen LogP contribution in [0.25, 0.3) is 11.1 Å². The largest absolute Gasteiger partial charge is 0.398 e. The Kier molecular flexibility index (Phi) is 3.61. The molecule has 2 heteroatoms. The smallest absolute Gasteiger partial charge is 0.0434 e. The zero-order valence-corrected chi connectivity index (χ0v) is 12.0. The van der Waals surface area contributed by atoms with Gasteiger partial charge in [-0.15, -0.1) is 0 Å². The van der Waals surface area contributed by atoms with Crippen molar-refractivity contribution < 1.29 is 0 Å². The van der Waals surface area contributed by atoms with Crippen LogP contribution in [-0.2, 0) is 0 Å². The molecule has 0 unspecified atom stereocenters. The molecule has 3 rings (SSSR count). The van der Waals surface area contributed by atoms with Crippen LogP contribution in [0.5, 0.6) is 0 Å². The minimum atomic E-state index is 0.806. The molecule has 0 saturated heterocycles. The summed E-state index contributed by atoms with van der Waals surface area (Å²) in [7, 11) is 0. The third kappa shape index (κ3) is 2.90. The van der Waals surface area contributed by atoms with E-state index in [4.69, 9.17) is 5.73 Å². The monoisotopic (exact) mass is 274 g/mol. The first kappa shape index (κ1) is 13.3. The number of benzene rings is 3. The van der Waals surface area contributed by atoms with Gasteiger partial charge in [0.05, 0.1) is 0 Å². The van der Waals surface area contributed by atoms with Crippen LogP contribution in [0.15, 0.2) is 72.8 Å². The molecule has 0 fully saturated rings. The summed E-state index contributed by atoms with van der Waals surface area (Å²) in [4.78, 5) is 0. The van der Waals surface area contributed by atoms with Gasteiger partial charge in [0.1, 0.15) is 0 Å². The van der Waals surface area contributed by atoms with E-state index in [1.165, 1.54) is 11.1 Å². The molecular formula is C19H18N2. The van der Waals surface area contributed by atoms with E-state index in [0.717, 1.165) is 22.6 Å². The van der Waals surface area contributed by atoms with Crippen molar-refractivity contribution in [2.24, 2.45) is 0 Å². The molecule has 0 aliphatic carbocycles. The van der Waals surface area contributed by atoms with E-state index in [1.807, 2.05) is 31.2 Å². The molecule has 21 heavy (non-hydrogen) atoms. The first-order chi connectivity index (χ1) is 10.2. The Morgan fingerprint density at radius 1 is 0.714 bits per heavy atom. The number of nitrogen functional groups attached to an aromatic ring is 1. The molecule has 3 N–H and O–H groups in total. The van der Waals surface area contributed by atoms with E-state index in [-0.39, 0.29) is 0 Å². The summed E-state index contributed by atoms with van der Waals surface area (Å²) in [5.74, 6) is 0. The topological polar surface area (TPSA) is 38.0 Å². The number of anilines is 3. The van der Waals surface area contributed by atoms with Gasteiger partial charge in [0.2, 0.25) is 0 Å². The number of hydrogen-bond acceptors (Lipinski definition) is 2. The number of nitrogens with one attached hydrogen (secondary N) is 1. The van der Waals surface area contributed by atoms with Crippen molar-refractivity contribution in [3.8, 4) is 11.1 Å². The first-order valence-electron chi connectivity index (χ1n) is 7.01. The van der Waals surface area contributed by atoms with Crippen LogP contribution in [0.2, 0.25) is 0 Å². The van der Waals surface area contributed by atoms with Crippen molar-refractivity contribution in [2.45, 2.75) is 6.92 Å². The van der Waals surface area contributed by atoms with Gasteiger partial charge in [0.15, 0.2) is 0 Å². The molecule has 0 radical (unpaired) electrons. The van der Waals surface area contributed by atoms with Crippen LogP contribution in [0.4, 0.5) is 17.1 Å². The van der Waals surface area contributed by atoms with E-state index in [9.17, 15) is 0 Å². The number of nitrogens with two attached hydrogens (primary N) is 1. The molecule has 3 aromatic rings. The second kappa shape index (κ2) is 5.71. The summed E-state index contributed by atoms with van der Waals surface area (Å²) < 4.78 is 0. The van der Waals surface area contributed by atoms with Crippen molar-refractivity contribution >= 4 is 17.1 Å². The van der Waals surface area contributed by atoms with Crippen LogP contribution in [-0.4, -0.2) is 0 Å². The van der Waals surface area contributed by atoms with Crippen molar-refractivity contribution in [2.75, 3.05) is 11.1 Å². The normalized spacial score (nSPS) is 10.3. The van der Waals surface area contributed by atoms with Crippen molar-refractivity contribution in [3.05, 3.63) is 78.4 Å². The number of rotatable bonds is 3. The molecule has 2 nitrogen and oxygen atoms in total. The molecule has 0 heterocycles. The standard InChI is InChI=1S/C19H18N2/c1-14-18(20)8-5-9-19(14)21-17-12-10-16(11-13-17)15-6-3-2-4-7-15/h2-13,21H,20H2,1H3. The maximum absolute atomic E-state index is 5.93. The maximum Gasteiger partial charge on any atom is 0.0434 e. The van der Waals surface area contributed by atoms with Gasteiger partial charge >= 0.3 is 0 Å². The fourth-order valence-electron chi connectivity index (χ4n) is 2.32. The van der Waals surface area contributed by atoms with Gasteiger partial charge in [-0.05, 0) is 47.9 Å². The molecule has 0 saturated carbocycles. The SMILES string of the molecule is Cc1c(N)cccc1Nc1ccc(-c2ccccc2)cc1. The van der Waals surface area contributed by atoms with Gasteiger partial charge in [-0.1, -0.05) is 48.5 Å². The minimum absolute atomic E-state index is 0.806. The second-order valence-electron chi connectivity index (χ2n) is 5.09. The van der Waals surface area contributed by atoms with Crippen LogP contribution in [0, 0.1) is 6.92 Å². The molecular weight excluding hydrogens is 256 g/mol. The lowest BCUT2D eigenvalue weighted by Crippen LogP contribution is -1.96. The van der Waals surface area contributed by atoms with E-state index in [0.29, 0.717) is 0 Å². The molecule has 0 aliphatic rings. The van der Waals surface area contributed by atoms with E-state index in [2.05, 4.69) is 53.8 Å². The highest BCUT2D eigenvalue weighted by Gasteiger charge is 2.02. The van der Waals surface area contributed by atoms with Crippen LogP contribution in [0.3, 0.4) is 0 Å². The van der Waals surface area contributed by atoms with Crippen LogP contribution in [0.1, 0.15) is 5.56 Å². The lowest BCUT2D eigenvalue weighted by Gasteiger charge is -2.12. The van der Waals surface area contributed by atoms with E-state index < -0.39 is 0 Å².